The summed E-state index contributed by atoms with van der Waals surface area (Å²) in [6, 6.07) is 11.4. The number of hydrogen-bond donors (Lipinski definition) is 1. The maximum Gasteiger partial charge on any atom is 0.271 e. The first-order valence-electron chi connectivity index (χ1n) is 11.2. The van der Waals surface area contributed by atoms with E-state index in [0.29, 0.717) is 50.0 Å². The van der Waals surface area contributed by atoms with Gasteiger partial charge in [0.1, 0.15) is 0 Å². The number of hydrogen-bond acceptors (Lipinski definition) is 6. The molecule has 1 aliphatic rings. The Kier molecular flexibility index (Phi) is 7.14. The van der Waals surface area contributed by atoms with Crippen LogP contribution in [-0.2, 0) is 4.79 Å². The molecule has 9 heteroatoms. The zero-order chi connectivity index (χ0) is 25.3. The number of fused-ring (bicyclic) bond motifs is 1. The van der Waals surface area contributed by atoms with Crippen molar-refractivity contribution in [2.45, 2.75) is 26.8 Å². The number of carbonyl (C=O) groups is 1. The van der Waals surface area contributed by atoms with Gasteiger partial charge in [0.25, 0.3) is 11.5 Å². The summed E-state index contributed by atoms with van der Waals surface area (Å²) < 4.78 is 7.23. The van der Waals surface area contributed by atoms with Crippen LogP contribution in [0.1, 0.15) is 37.9 Å². The van der Waals surface area contributed by atoms with E-state index in [1.165, 1.54) is 24.5 Å². The van der Waals surface area contributed by atoms with Crippen molar-refractivity contribution >= 4 is 34.9 Å². The highest BCUT2D eigenvalue weighted by molar-refractivity contribution is 7.07. The normalized spacial score (nSPS) is 15.6. The monoisotopic (exact) mass is 511 g/mol. The van der Waals surface area contributed by atoms with Crippen molar-refractivity contribution in [3.63, 3.8) is 0 Å². The van der Waals surface area contributed by atoms with Crippen LogP contribution in [0.4, 0.5) is 0 Å². The number of methoxy groups -OCH3 is 1. The van der Waals surface area contributed by atoms with E-state index in [0.717, 1.165) is 5.56 Å². The average molecular weight is 512 g/mol. The van der Waals surface area contributed by atoms with Crippen LogP contribution in [0.15, 0.2) is 63.5 Å². The lowest BCUT2D eigenvalue weighted by Gasteiger charge is -2.29. The third-order valence-corrected chi connectivity index (χ3v) is 7.22. The molecule has 1 aromatic heterocycles. The third kappa shape index (κ3) is 4.63. The van der Waals surface area contributed by atoms with Crippen molar-refractivity contribution in [1.29, 1.82) is 0 Å². The Morgan fingerprint density at radius 2 is 1.91 bits per heavy atom. The lowest BCUT2D eigenvalue weighted by molar-refractivity contribution is -0.127. The number of phenolic OH excluding ortho intramolecular Hbond substituents is 1. The highest BCUT2D eigenvalue weighted by Gasteiger charge is 2.34. The number of aromatic hydroxyl groups is 1. The first-order chi connectivity index (χ1) is 16.8. The predicted molar refractivity (Wildman–Crippen MR) is 138 cm³/mol. The van der Waals surface area contributed by atoms with Crippen molar-refractivity contribution in [2.24, 2.45) is 4.99 Å². The van der Waals surface area contributed by atoms with Gasteiger partial charge in [-0.3, -0.25) is 14.2 Å². The van der Waals surface area contributed by atoms with Gasteiger partial charge in [0, 0.05) is 18.1 Å². The van der Waals surface area contributed by atoms with Crippen molar-refractivity contribution in [3.8, 4) is 11.5 Å². The van der Waals surface area contributed by atoms with Crippen molar-refractivity contribution in [1.82, 2.24) is 9.47 Å². The second kappa shape index (κ2) is 10.1. The van der Waals surface area contributed by atoms with Gasteiger partial charge in [-0.2, -0.15) is 0 Å². The fourth-order valence-corrected chi connectivity index (χ4v) is 5.34. The summed E-state index contributed by atoms with van der Waals surface area (Å²) >= 11 is 7.38. The Bertz CT molecular complexity index is 1480. The van der Waals surface area contributed by atoms with Gasteiger partial charge in [0.2, 0.25) is 0 Å². The Hall–Kier alpha value is -3.36. The summed E-state index contributed by atoms with van der Waals surface area (Å²) in [6.45, 7) is 6.76. The van der Waals surface area contributed by atoms with Crippen LogP contribution in [0.25, 0.3) is 6.08 Å². The molecule has 3 aromatic rings. The van der Waals surface area contributed by atoms with E-state index in [1.807, 2.05) is 32.9 Å². The van der Waals surface area contributed by atoms with Crippen molar-refractivity contribution < 1.29 is 14.6 Å². The van der Waals surface area contributed by atoms with Crippen molar-refractivity contribution in [2.75, 3.05) is 20.2 Å². The summed E-state index contributed by atoms with van der Waals surface area (Å²) in [5, 5.41) is 10.5. The van der Waals surface area contributed by atoms with E-state index >= 15 is 0 Å². The number of phenols is 1. The van der Waals surface area contributed by atoms with E-state index in [4.69, 9.17) is 16.3 Å². The number of rotatable bonds is 6. The molecule has 0 unspecified atom stereocenters. The first kappa shape index (κ1) is 24.8. The van der Waals surface area contributed by atoms with E-state index in [1.54, 1.807) is 39.8 Å². The van der Waals surface area contributed by atoms with Crippen molar-refractivity contribution in [3.05, 3.63) is 89.6 Å². The Balaban J connectivity index is 1.94. The zero-order valence-corrected chi connectivity index (χ0v) is 21.5. The largest absolute Gasteiger partial charge is 0.504 e. The second-order valence-electron chi connectivity index (χ2n) is 8.04. The first-order valence-corrected chi connectivity index (χ1v) is 12.4. The molecule has 1 atom stereocenters. The minimum atomic E-state index is -0.631. The lowest BCUT2D eigenvalue weighted by atomic mass is 9.94. The van der Waals surface area contributed by atoms with Gasteiger partial charge in [-0.25, -0.2) is 4.99 Å². The Morgan fingerprint density at radius 3 is 2.54 bits per heavy atom. The zero-order valence-electron chi connectivity index (χ0n) is 19.9. The molecular formula is C26H26ClN3O4S. The van der Waals surface area contributed by atoms with Crippen LogP contribution in [0.5, 0.6) is 11.5 Å². The highest BCUT2D eigenvalue weighted by atomic mass is 35.5. The molecule has 0 aliphatic carbocycles. The lowest BCUT2D eigenvalue weighted by Crippen LogP contribution is -2.43. The minimum absolute atomic E-state index is 0.0176. The van der Waals surface area contributed by atoms with Crippen LogP contribution in [0.2, 0.25) is 5.02 Å². The molecule has 0 saturated heterocycles. The molecule has 7 nitrogen and oxygen atoms in total. The summed E-state index contributed by atoms with van der Waals surface area (Å²) in [7, 11) is 1.47. The molecule has 0 saturated carbocycles. The van der Waals surface area contributed by atoms with E-state index in [2.05, 4.69) is 4.99 Å². The van der Waals surface area contributed by atoms with E-state index < -0.39 is 6.04 Å². The maximum absolute atomic E-state index is 13.7. The molecule has 0 bridgehead atoms. The Morgan fingerprint density at radius 1 is 1.23 bits per heavy atom. The molecule has 0 spiro atoms. The van der Waals surface area contributed by atoms with Gasteiger partial charge in [0.15, 0.2) is 16.3 Å². The van der Waals surface area contributed by atoms with E-state index in [-0.39, 0.29) is 17.2 Å². The SMILES string of the molecule is CCN(CC)C(=O)C1=C(C)N=c2s/c(=C/c3ccc(O)c(OC)c3)c(=O)n2[C@@H]1c1ccc(Cl)cc1. The molecule has 1 N–H and O–H groups in total. The molecule has 4 rings (SSSR count). The number of benzene rings is 2. The van der Waals surface area contributed by atoms with E-state index in [9.17, 15) is 14.7 Å². The fraction of sp³-hybridized carbons (Fsp3) is 0.269. The summed E-state index contributed by atoms with van der Waals surface area (Å²) in [4.78, 5) is 34.2. The van der Waals surface area contributed by atoms with Gasteiger partial charge in [-0.15, -0.1) is 0 Å². The quantitative estimate of drug-likeness (QED) is 0.549. The van der Waals surface area contributed by atoms with Gasteiger partial charge in [-0.05, 0) is 62.2 Å². The topological polar surface area (TPSA) is 84.1 Å². The number of amides is 1. The van der Waals surface area contributed by atoms with Crippen LogP contribution in [0, 0.1) is 0 Å². The molecule has 1 amide bonds. The summed E-state index contributed by atoms with van der Waals surface area (Å²) in [5.41, 5.74) is 2.28. The number of allylic oxidation sites excluding steroid dienone is 1. The predicted octanol–water partition coefficient (Wildman–Crippen LogP) is 3.47. The molecule has 0 radical (unpaired) electrons. The van der Waals surface area contributed by atoms with Crippen LogP contribution >= 0.6 is 22.9 Å². The molecule has 1 aliphatic heterocycles. The highest BCUT2D eigenvalue weighted by Crippen LogP contribution is 2.32. The molecule has 35 heavy (non-hydrogen) atoms. The number of halogens is 1. The van der Waals surface area contributed by atoms with Gasteiger partial charge in [-0.1, -0.05) is 41.1 Å². The number of carbonyl (C=O) groups excluding carboxylic acids is 1. The Labute approximate surface area is 211 Å². The number of aromatic nitrogens is 1. The molecule has 0 fully saturated rings. The molecular weight excluding hydrogens is 486 g/mol. The number of thiazole rings is 1. The molecule has 2 aromatic carbocycles. The van der Waals surface area contributed by atoms with Crippen LogP contribution in [0.3, 0.4) is 0 Å². The second-order valence-corrected chi connectivity index (χ2v) is 9.49. The summed E-state index contributed by atoms with van der Waals surface area (Å²) in [6.07, 6.45) is 1.73. The van der Waals surface area contributed by atoms with Gasteiger partial charge < -0.3 is 14.7 Å². The van der Waals surface area contributed by atoms with Gasteiger partial charge in [0.05, 0.1) is 29.0 Å². The third-order valence-electron chi connectivity index (χ3n) is 5.99. The summed E-state index contributed by atoms with van der Waals surface area (Å²) in [5.74, 6) is 0.186. The van der Waals surface area contributed by atoms with Crippen LogP contribution in [-0.4, -0.2) is 40.7 Å². The van der Waals surface area contributed by atoms with Gasteiger partial charge >= 0.3 is 0 Å². The number of ether oxygens (including phenoxy) is 1. The fourth-order valence-electron chi connectivity index (χ4n) is 4.17. The average Bonchev–Trinajstić information content (AvgIpc) is 3.15. The minimum Gasteiger partial charge on any atom is -0.504 e. The number of likely N-dealkylation sites (N-methyl/N-ethyl adjacent to an activating group) is 1. The molecule has 182 valence electrons. The molecule has 2 heterocycles. The number of nitrogens with zero attached hydrogens (tertiary/aromatic N) is 3. The maximum atomic E-state index is 13.7. The smallest absolute Gasteiger partial charge is 0.271 e. The standard InChI is InChI=1S/C26H26ClN3O4S/c1-5-29(6-2)25(33)22-15(3)28-26-30(23(22)17-8-10-18(27)11-9-17)24(32)21(35-26)14-16-7-12-19(31)20(13-16)34-4/h7-14,23,31H,5-6H2,1-4H3/b21-14+/t23-/m1/s1. The van der Waals surface area contributed by atoms with Crippen LogP contribution < -0.4 is 19.6 Å².